The van der Waals surface area contributed by atoms with Gasteiger partial charge >= 0.3 is 0 Å². The lowest BCUT2D eigenvalue weighted by atomic mass is 9.94. The summed E-state index contributed by atoms with van der Waals surface area (Å²) in [5.74, 6) is 0.821. The molecule has 0 bridgehead atoms. The lowest BCUT2D eigenvalue weighted by Crippen LogP contribution is -2.34. The Morgan fingerprint density at radius 2 is 2.07 bits per heavy atom. The van der Waals surface area contributed by atoms with Crippen LogP contribution in [0.25, 0.3) is 0 Å². The normalized spacial score (nSPS) is 17.7. The average molecular weight is 227 g/mol. The van der Waals surface area contributed by atoms with Crippen LogP contribution in [0.5, 0.6) is 0 Å². The quantitative estimate of drug-likeness (QED) is 0.776. The van der Waals surface area contributed by atoms with Crippen LogP contribution in [0.3, 0.4) is 0 Å². The summed E-state index contributed by atoms with van der Waals surface area (Å²) in [7, 11) is 2.05. The highest BCUT2D eigenvalue weighted by molar-refractivity contribution is 6.28. The van der Waals surface area contributed by atoms with Crippen molar-refractivity contribution in [2.45, 2.75) is 38.1 Å². The topological polar surface area (TPSA) is 41.9 Å². The van der Waals surface area contributed by atoms with Crippen LogP contribution in [0.4, 0.5) is 5.82 Å². The van der Waals surface area contributed by atoms with E-state index in [1.165, 1.54) is 32.1 Å². The van der Waals surface area contributed by atoms with E-state index >= 15 is 0 Å². The van der Waals surface area contributed by atoms with Gasteiger partial charge in [-0.15, -0.1) is 5.10 Å². The number of nitrogens with zero attached hydrogens (tertiary/aromatic N) is 4. The van der Waals surface area contributed by atoms with Gasteiger partial charge < -0.3 is 4.90 Å². The number of aromatic nitrogens is 3. The summed E-state index contributed by atoms with van der Waals surface area (Å²) in [6, 6.07) is 0.575. The molecular weight excluding hydrogens is 212 g/mol. The molecule has 2 rings (SSSR count). The van der Waals surface area contributed by atoms with Gasteiger partial charge in [-0.3, -0.25) is 0 Å². The summed E-state index contributed by atoms with van der Waals surface area (Å²) in [5.41, 5.74) is 0. The third-order valence-electron chi connectivity index (χ3n) is 3.00. The highest BCUT2D eigenvalue weighted by Crippen LogP contribution is 2.24. The first kappa shape index (κ1) is 10.6. The van der Waals surface area contributed by atoms with Crippen molar-refractivity contribution in [3.63, 3.8) is 0 Å². The lowest BCUT2D eigenvalue weighted by molar-refractivity contribution is 0.425. The van der Waals surface area contributed by atoms with Gasteiger partial charge in [0.15, 0.2) is 5.82 Å². The maximum absolute atomic E-state index is 5.72. The Bertz CT molecular complexity index is 325. The molecule has 1 fully saturated rings. The van der Waals surface area contributed by atoms with Crippen LogP contribution in [0.1, 0.15) is 32.1 Å². The Hall–Kier alpha value is -0.900. The molecule has 82 valence electrons. The number of halogens is 1. The van der Waals surface area contributed by atoms with Crippen LogP contribution in [-0.2, 0) is 0 Å². The van der Waals surface area contributed by atoms with E-state index in [4.69, 9.17) is 11.6 Å². The molecule has 4 nitrogen and oxygen atoms in total. The Morgan fingerprint density at radius 3 is 2.73 bits per heavy atom. The van der Waals surface area contributed by atoms with Gasteiger partial charge in [0.25, 0.3) is 0 Å². The lowest BCUT2D eigenvalue weighted by Gasteiger charge is -2.31. The van der Waals surface area contributed by atoms with Crippen LogP contribution in [0, 0.1) is 0 Å². The van der Waals surface area contributed by atoms with E-state index in [1.807, 2.05) is 0 Å². The fourth-order valence-electron chi connectivity index (χ4n) is 2.10. The van der Waals surface area contributed by atoms with Crippen molar-refractivity contribution >= 4 is 17.4 Å². The number of hydrogen-bond donors (Lipinski definition) is 0. The molecule has 15 heavy (non-hydrogen) atoms. The number of anilines is 1. The third-order valence-corrected chi connectivity index (χ3v) is 3.16. The van der Waals surface area contributed by atoms with Crippen LogP contribution in [0.2, 0.25) is 5.28 Å². The second kappa shape index (κ2) is 4.75. The van der Waals surface area contributed by atoms with E-state index in [-0.39, 0.29) is 5.28 Å². The van der Waals surface area contributed by atoms with Gasteiger partial charge in [-0.1, -0.05) is 19.3 Å². The monoisotopic (exact) mass is 226 g/mol. The third kappa shape index (κ3) is 2.56. The van der Waals surface area contributed by atoms with Crippen molar-refractivity contribution < 1.29 is 0 Å². The smallest absolute Gasteiger partial charge is 0.244 e. The Morgan fingerprint density at radius 1 is 1.33 bits per heavy atom. The van der Waals surface area contributed by atoms with E-state index in [2.05, 4.69) is 27.1 Å². The van der Waals surface area contributed by atoms with Gasteiger partial charge in [0.2, 0.25) is 5.28 Å². The predicted molar refractivity (Wildman–Crippen MR) is 60.1 cm³/mol. The molecule has 0 aliphatic heterocycles. The van der Waals surface area contributed by atoms with E-state index in [1.54, 1.807) is 6.20 Å². The largest absolute Gasteiger partial charge is 0.355 e. The highest BCUT2D eigenvalue weighted by Gasteiger charge is 2.19. The molecule has 0 atom stereocenters. The molecule has 5 heteroatoms. The minimum absolute atomic E-state index is 0.218. The van der Waals surface area contributed by atoms with Gasteiger partial charge in [-0.25, -0.2) is 0 Å². The molecular formula is C10H15ClN4. The molecule has 1 aromatic rings. The average Bonchev–Trinajstić information content (AvgIpc) is 2.29. The van der Waals surface area contributed by atoms with E-state index in [0.29, 0.717) is 6.04 Å². The second-order valence-electron chi connectivity index (χ2n) is 3.99. The first-order valence-corrected chi connectivity index (χ1v) is 5.73. The first-order valence-electron chi connectivity index (χ1n) is 5.35. The number of hydrogen-bond acceptors (Lipinski definition) is 4. The van der Waals surface area contributed by atoms with Crippen molar-refractivity contribution in [1.82, 2.24) is 15.2 Å². The standard InChI is InChI=1S/C10H15ClN4/c1-15(8-5-3-2-4-6-8)9-7-12-14-10(11)13-9/h7-8H,2-6H2,1H3. The second-order valence-corrected chi connectivity index (χ2v) is 4.32. The van der Waals surface area contributed by atoms with Crippen LogP contribution >= 0.6 is 11.6 Å². The van der Waals surface area contributed by atoms with Gasteiger partial charge in [-0.2, -0.15) is 10.1 Å². The van der Waals surface area contributed by atoms with Crippen LogP contribution < -0.4 is 4.90 Å². The van der Waals surface area contributed by atoms with Crippen molar-refractivity contribution in [2.24, 2.45) is 0 Å². The zero-order valence-corrected chi connectivity index (χ0v) is 9.61. The van der Waals surface area contributed by atoms with Crippen LogP contribution in [0.15, 0.2) is 6.20 Å². The molecule has 0 N–H and O–H groups in total. The predicted octanol–water partition coefficient (Wildman–Crippen LogP) is 2.29. The van der Waals surface area contributed by atoms with Crippen molar-refractivity contribution in [2.75, 3.05) is 11.9 Å². The minimum atomic E-state index is 0.218. The summed E-state index contributed by atoms with van der Waals surface area (Å²) in [6.07, 6.45) is 8.10. The molecule has 0 amide bonds. The highest BCUT2D eigenvalue weighted by atomic mass is 35.5. The van der Waals surface area contributed by atoms with Crippen LogP contribution in [-0.4, -0.2) is 28.3 Å². The molecule has 0 saturated heterocycles. The fraction of sp³-hybridized carbons (Fsp3) is 0.700. The van der Waals surface area contributed by atoms with Crippen molar-refractivity contribution in [3.8, 4) is 0 Å². The minimum Gasteiger partial charge on any atom is -0.355 e. The molecule has 0 spiro atoms. The van der Waals surface area contributed by atoms with Gasteiger partial charge in [0, 0.05) is 13.1 Å². The molecule has 0 aromatic carbocycles. The SMILES string of the molecule is CN(c1cnnc(Cl)n1)C1CCCCC1. The molecule has 0 radical (unpaired) electrons. The summed E-state index contributed by atoms with van der Waals surface area (Å²) in [4.78, 5) is 6.33. The fourth-order valence-corrected chi connectivity index (χ4v) is 2.23. The molecule has 1 aliphatic carbocycles. The van der Waals surface area contributed by atoms with E-state index < -0.39 is 0 Å². The maximum atomic E-state index is 5.72. The Labute approximate surface area is 94.7 Å². The van der Waals surface area contributed by atoms with E-state index in [0.717, 1.165) is 5.82 Å². The molecule has 1 aliphatic rings. The number of rotatable bonds is 2. The first-order chi connectivity index (χ1) is 7.27. The summed E-state index contributed by atoms with van der Waals surface area (Å²) >= 11 is 5.72. The van der Waals surface area contributed by atoms with Crippen molar-refractivity contribution in [1.29, 1.82) is 0 Å². The van der Waals surface area contributed by atoms with Gasteiger partial charge in [0.1, 0.15) is 0 Å². The molecule has 0 unspecified atom stereocenters. The summed E-state index contributed by atoms with van der Waals surface area (Å²) in [5, 5.41) is 7.68. The zero-order valence-electron chi connectivity index (χ0n) is 8.86. The van der Waals surface area contributed by atoms with E-state index in [9.17, 15) is 0 Å². The Kier molecular flexibility index (Phi) is 3.36. The summed E-state index contributed by atoms with van der Waals surface area (Å²) in [6.45, 7) is 0. The van der Waals surface area contributed by atoms with Gasteiger partial charge in [0.05, 0.1) is 6.20 Å². The van der Waals surface area contributed by atoms with Crippen molar-refractivity contribution in [3.05, 3.63) is 11.5 Å². The van der Waals surface area contributed by atoms with Gasteiger partial charge in [-0.05, 0) is 24.4 Å². The molecule has 1 aromatic heterocycles. The summed E-state index contributed by atoms with van der Waals surface area (Å²) < 4.78 is 0. The molecule has 1 saturated carbocycles. The zero-order chi connectivity index (χ0) is 10.7. The maximum Gasteiger partial charge on any atom is 0.244 e. The molecule has 1 heterocycles. The Balaban J connectivity index is 2.08.